The lowest BCUT2D eigenvalue weighted by atomic mass is 10.1. The van der Waals surface area contributed by atoms with E-state index in [1.807, 2.05) is 41.3 Å². The van der Waals surface area contributed by atoms with Crippen molar-refractivity contribution in [1.29, 1.82) is 0 Å². The van der Waals surface area contributed by atoms with Crippen molar-refractivity contribution in [1.82, 2.24) is 24.9 Å². The molecular weight excluding hydrogens is 264 g/mol. The molecule has 0 atom stereocenters. The summed E-state index contributed by atoms with van der Waals surface area (Å²) in [7, 11) is 0. The van der Waals surface area contributed by atoms with Gasteiger partial charge < -0.3 is 10.2 Å². The Bertz CT molecular complexity index is 745. The highest BCUT2D eigenvalue weighted by Crippen LogP contribution is 2.24. The summed E-state index contributed by atoms with van der Waals surface area (Å²) in [6.07, 6.45) is 7.44. The molecular formula is C15H16N6. The van der Waals surface area contributed by atoms with Crippen LogP contribution in [0.1, 0.15) is 0 Å². The van der Waals surface area contributed by atoms with Crippen LogP contribution in [-0.2, 0) is 0 Å². The lowest BCUT2D eigenvalue weighted by molar-refractivity contribution is 0.585. The van der Waals surface area contributed by atoms with E-state index < -0.39 is 0 Å². The van der Waals surface area contributed by atoms with Crippen molar-refractivity contribution in [2.45, 2.75) is 0 Å². The summed E-state index contributed by atoms with van der Waals surface area (Å²) in [5.41, 5.74) is 2.93. The Labute approximate surface area is 122 Å². The molecule has 0 radical (unpaired) electrons. The number of rotatable bonds is 2. The minimum atomic E-state index is 0.874. The van der Waals surface area contributed by atoms with Gasteiger partial charge in [0.1, 0.15) is 5.82 Å². The number of fused-ring (bicyclic) bond motifs is 1. The largest absolute Gasteiger partial charge is 0.354 e. The van der Waals surface area contributed by atoms with Gasteiger partial charge in [-0.2, -0.15) is 5.10 Å². The number of hydrogen-bond acceptors (Lipinski definition) is 5. The number of hydrogen-bond donors (Lipinski definition) is 1. The quantitative estimate of drug-likeness (QED) is 0.764. The molecule has 1 saturated heterocycles. The summed E-state index contributed by atoms with van der Waals surface area (Å²) in [5, 5.41) is 7.74. The van der Waals surface area contributed by atoms with E-state index in [1.54, 1.807) is 6.20 Å². The third-order valence-electron chi connectivity index (χ3n) is 3.77. The molecule has 1 aliphatic rings. The Kier molecular flexibility index (Phi) is 3.01. The molecule has 6 heteroatoms. The number of aromatic nitrogens is 4. The van der Waals surface area contributed by atoms with Crippen LogP contribution in [0.4, 0.5) is 5.82 Å². The van der Waals surface area contributed by atoms with Crippen molar-refractivity contribution in [3.05, 3.63) is 43.0 Å². The first-order valence-electron chi connectivity index (χ1n) is 7.12. The lowest BCUT2D eigenvalue weighted by Crippen LogP contribution is -2.43. The van der Waals surface area contributed by atoms with Crippen molar-refractivity contribution in [2.24, 2.45) is 0 Å². The van der Waals surface area contributed by atoms with E-state index >= 15 is 0 Å². The number of nitrogens with zero attached hydrogens (tertiary/aromatic N) is 5. The first kappa shape index (κ1) is 12.3. The van der Waals surface area contributed by atoms with Crippen molar-refractivity contribution < 1.29 is 0 Å². The Morgan fingerprint density at radius 1 is 1.10 bits per heavy atom. The number of nitrogens with one attached hydrogen (secondary N) is 1. The van der Waals surface area contributed by atoms with Gasteiger partial charge in [-0.15, -0.1) is 0 Å². The molecule has 1 fully saturated rings. The Balaban J connectivity index is 1.79. The van der Waals surface area contributed by atoms with Gasteiger partial charge in [0.25, 0.3) is 0 Å². The molecule has 0 saturated carbocycles. The summed E-state index contributed by atoms with van der Waals surface area (Å²) in [6.45, 7) is 3.97. The molecule has 0 spiro atoms. The maximum atomic E-state index is 4.81. The van der Waals surface area contributed by atoms with Crippen LogP contribution in [-0.4, -0.2) is 45.8 Å². The zero-order valence-corrected chi connectivity index (χ0v) is 11.6. The van der Waals surface area contributed by atoms with Crippen molar-refractivity contribution in [3.63, 3.8) is 0 Å². The molecule has 106 valence electrons. The van der Waals surface area contributed by atoms with E-state index in [-0.39, 0.29) is 0 Å². The Hall–Kier alpha value is -2.47. The minimum Gasteiger partial charge on any atom is -0.354 e. The third kappa shape index (κ3) is 2.23. The zero-order chi connectivity index (χ0) is 14.1. The smallest absolute Gasteiger partial charge is 0.165 e. The number of anilines is 1. The molecule has 0 amide bonds. The number of pyridine rings is 1. The Morgan fingerprint density at radius 2 is 2.00 bits per heavy atom. The van der Waals surface area contributed by atoms with Crippen LogP contribution in [0.2, 0.25) is 0 Å². The van der Waals surface area contributed by atoms with Crippen molar-refractivity contribution in [3.8, 4) is 11.1 Å². The normalized spacial score (nSPS) is 15.5. The molecule has 0 unspecified atom stereocenters. The van der Waals surface area contributed by atoms with Crippen LogP contribution in [0.15, 0.2) is 43.0 Å². The second-order valence-electron chi connectivity index (χ2n) is 5.09. The molecule has 4 heterocycles. The van der Waals surface area contributed by atoms with Gasteiger partial charge in [-0.05, 0) is 12.1 Å². The molecule has 3 aromatic heterocycles. The predicted molar refractivity (Wildman–Crippen MR) is 81.3 cm³/mol. The van der Waals surface area contributed by atoms with Crippen LogP contribution in [0.25, 0.3) is 16.8 Å². The molecule has 1 N–H and O–H groups in total. The fourth-order valence-electron chi connectivity index (χ4n) is 2.66. The minimum absolute atomic E-state index is 0.874. The van der Waals surface area contributed by atoms with Crippen LogP contribution in [0.5, 0.6) is 0 Å². The van der Waals surface area contributed by atoms with Crippen molar-refractivity contribution in [2.75, 3.05) is 31.1 Å². The fraction of sp³-hybridized carbons (Fsp3) is 0.267. The lowest BCUT2D eigenvalue weighted by Gasteiger charge is -2.28. The number of piperazine rings is 1. The highest BCUT2D eigenvalue weighted by atomic mass is 15.3. The summed E-state index contributed by atoms with van der Waals surface area (Å²) in [6, 6.07) is 5.99. The molecule has 0 aliphatic carbocycles. The van der Waals surface area contributed by atoms with Gasteiger partial charge >= 0.3 is 0 Å². The van der Waals surface area contributed by atoms with Gasteiger partial charge in [0.05, 0.1) is 6.20 Å². The molecule has 0 aromatic carbocycles. The Morgan fingerprint density at radius 3 is 2.81 bits per heavy atom. The van der Waals surface area contributed by atoms with Crippen LogP contribution < -0.4 is 10.2 Å². The van der Waals surface area contributed by atoms with E-state index in [2.05, 4.69) is 20.3 Å². The van der Waals surface area contributed by atoms with Crippen LogP contribution in [0, 0.1) is 0 Å². The third-order valence-corrected chi connectivity index (χ3v) is 3.77. The van der Waals surface area contributed by atoms with E-state index in [0.717, 1.165) is 48.8 Å². The maximum absolute atomic E-state index is 4.81. The summed E-state index contributed by atoms with van der Waals surface area (Å²) in [5.74, 6) is 1.01. The molecule has 4 rings (SSSR count). The van der Waals surface area contributed by atoms with E-state index in [0.29, 0.717) is 0 Å². The molecule has 3 aromatic rings. The van der Waals surface area contributed by atoms with Crippen LogP contribution >= 0.6 is 0 Å². The predicted octanol–water partition coefficient (Wildman–Crippen LogP) is 1.20. The maximum Gasteiger partial charge on any atom is 0.165 e. The standard InChI is InChI=1S/C15H16N6/c1-2-12(10-17-4-1)13-11-18-21-7-3-14(19-15(13)21)20-8-5-16-6-9-20/h1-4,7,10-11,16H,5-6,8-9H2. The highest BCUT2D eigenvalue weighted by Gasteiger charge is 2.14. The molecule has 21 heavy (non-hydrogen) atoms. The molecule has 0 bridgehead atoms. The second-order valence-corrected chi connectivity index (χ2v) is 5.09. The van der Waals surface area contributed by atoms with Gasteiger partial charge in [-0.25, -0.2) is 9.50 Å². The fourth-order valence-corrected chi connectivity index (χ4v) is 2.66. The molecule has 1 aliphatic heterocycles. The summed E-state index contributed by atoms with van der Waals surface area (Å²) < 4.78 is 1.81. The van der Waals surface area contributed by atoms with Gasteiger partial charge in [0, 0.05) is 55.9 Å². The van der Waals surface area contributed by atoms with Crippen molar-refractivity contribution >= 4 is 11.5 Å². The van der Waals surface area contributed by atoms with E-state index in [9.17, 15) is 0 Å². The molecule has 6 nitrogen and oxygen atoms in total. The highest BCUT2D eigenvalue weighted by molar-refractivity contribution is 5.77. The second kappa shape index (κ2) is 5.14. The van der Waals surface area contributed by atoms with Crippen LogP contribution in [0.3, 0.4) is 0 Å². The van der Waals surface area contributed by atoms with E-state index in [4.69, 9.17) is 4.98 Å². The van der Waals surface area contributed by atoms with Gasteiger partial charge in [0.15, 0.2) is 5.65 Å². The summed E-state index contributed by atoms with van der Waals surface area (Å²) >= 11 is 0. The van der Waals surface area contributed by atoms with Gasteiger partial charge in [0.2, 0.25) is 0 Å². The average Bonchev–Trinajstić information content (AvgIpc) is 2.99. The summed E-state index contributed by atoms with van der Waals surface area (Å²) in [4.78, 5) is 11.3. The SMILES string of the molecule is c1cncc(-c2cnn3ccc(N4CCNCC4)nc23)c1. The average molecular weight is 280 g/mol. The zero-order valence-electron chi connectivity index (χ0n) is 11.6. The van der Waals surface area contributed by atoms with E-state index in [1.165, 1.54) is 0 Å². The topological polar surface area (TPSA) is 58.4 Å². The monoisotopic (exact) mass is 280 g/mol. The van der Waals surface area contributed by atoms with Gasteiger partial charge in [-0.1, -0.05) is 6.07 Å². The van der Waals surface area contributed by atoms with Gasteiger partial charge in [-0.3, -0.25) is 4.98 Å². The first-order valence-corrected chi connectivity index (χ1v) is 7.12. The first-order chi connectivity index (χ1) is 10.4.